The van der Waals surface area contributed by atoms with E-state index in [4.69, 9.17) is 26.0 Å². The van der Waals surface area contributed by atoms with Crippen LogP contribution >= 0.6 is 11.6 Å². The highest BCUT2D eigenvalue weighted by Gasteiger charge is 2.16. The average molecular weight is 375 g/mol. The summed E-state index contributed by atoms with van der Waals surface area (Å²) in [5, 5.41) is 13.9. The first-order valence-electron chi connectivity index (χ1n) is 8.39. The van der Waals surface area contributed by atoms with E-state index in [0.29, 0.717) is 27.4 Å². The van der Waals surface area contributed by atoms with Crippen molar-refractivity contribution < 1.29 is 19.2 Å². The molecule has 1 atom stereocenters. The summed E-state index contributed by atoms with van der Waals surface area (Å²) in [7, 11) is 0. The van der Waals surface area contributed by atoms with Crippen LogP contribution in [0.25, 0.3) is 11.0 Å². The predicted molar refractivity (Wildman–Crippen MR) is 97.6 cm³/mol. The molecule has 2 heterocycles. The minimum Gasteiger partial charge on any atom is -0.483 e. The summed E-state index contributed by atoms with van der Waals surface area (Å²) in [6, 6.07) is 7.33. The molecule has 0 fully saturated rings. The van der Waals surface area contributed by atoms with Crippen LogP contribution in [-0.2, 0) is 17.6 Å². The normalized spacial score (nSPS) is 12.3. The number of carboxylic acids is 1. The van der Waals surface area contributed by atoms with E-state index >= 15 is 0 Å². The van der Waals surface area contributed by atoms with Crippen molar-refractivity contribution >= 4 is 28.5 Å². The van der Waals surface area contributed by atoms with Gasteiger partial charge in [-0.05, 0) is 31.0 Å². The molecule has 0 radical (unpaired) electrons. The molecule has 6 nitrogen and oxygen atoms in total. The summed E-state index contributed by atoms with van der Waals surface area (Å²) in [6.07, 6.45) is 2.74. The van der Waals surface area contributed by atoms with Gasteiger partial charge in [-0.3, -0.25) is 9.78 Å². The van der Waals surface area contributed by atoms with Crippen molar-refractivity contribution in [3.05, 3.63) is 52.4 Å². The Hall–Kier alpha value is -2.60. The zero-order valence-corrected chi connectivity index (χ0v) is 15.3. The number of halogens is 1. The number of nitrogens with zero attached hydrogens (tertiary/aromatic N) is 2. The second kappa shape index (κ2) is 7.74. The lowest BCUT2D eigenvalue weighted by Gasteiger charge is -2.15. The van der Waals surface area contributed by atoms with Crippen molar-refractivity contribution in [1.82, 2.24) is 10.1 Å². The number of hydrogen-bond acceptors (Lipinski definition) is 5. The number of fused-ring (bicyclic) bond motifs is 1. The van der Waals surface area contributed by atoms with Gasteiger partial charge >= 0.3 is 5.97 Å². The summed E-state index contributed by atoms with van der Waals surface area (Å²) in [5.41, 5.74) is 3.04. The zero-order valence-electron chi connectivity index (χ0n) is 14.5. The van der Waals surface area contributed by atoms with E-state index in [1.54, 1.807) is 12.1 Å². The van der Waals surface area contributed by atoms with Crippen molar-refractivity contribution in [3.8, 4) is 5.75 Å². The largest absolute Gasteiger partial charge is 0.483 e. The highest BCUT2D eigenvalue weighted by Crippen LogP contribution is 2.34. The third kappa shape index (κ3) is 3.96. The smallest absolute Gasteiger partial charge is 0.303 e. The maximum atomic E-state index is 10.7. The molecule has 0 aliphatic rings. The molecule has 0 spiro atoms. The Morgan fingerprint density at radius 1 is 1.38 bits per heavy atom. The molecule has 2 aromatic heterocycles. The van der Waals surface area contributed by atoms with Crippen LogP contribution in [-0.4, -0.2) is 21.2 Å². The van der Waals surface area contributed by atoms with Crippen LogP contribution in [0.5, 0.6) is 5.75 Å². The summed E-state index contributed by atoms with van der Waals surface area (Å²) in [4.78, 5) is 15.2. The first kappa shape index (κ1) is 18.2. The van der Waals surface area contributed by atoms with E-state index in [2.05, 4.69) is 17.1 Å². The van der Waals surface area contributed by atoms with Crippen molar-refractivity contribution in [2.75, 3.05) is 0 Å². The van der Waals surface area contributed by atoms with Gasteiger partial charge in [0.1, 0.15) is 11.9 Å². The number of rotatable bonds is 7. The molecule has 0 bridgehead atoms. The van der Waals surface area contributed by atoms with Gasteiger partial charge < -0.3 is 14.4 Å². The first-order chi connectivity index (χ1) is 12.5. The van der Waals surface area contributed by atoms with Gasteiger partial charge in [0, 0.05) is 24.1 Å². The Morgan fingerprint density at radius 2 is 2.19 bits per heavy atom. The van der Waals surface area contributed by atoms with Crippen molar-refractivity contribution in [1.29, 1.82) is 0 Å². The van der Waals surface area contributed by atoms with Gasteiger partial charge in [-0.15, -0.1) is 0 Å². The number of carbonyl (C=O) groups is 1. The molecular formula is C19H19ClN2O4. The molecule has 0 aliphatic carbocycles. The molecule has 1 N–H and O–H groups in total. The first-order valence-corrected chi connectivity index (χ1v) is 8.76. The maximum absolute atomic E-state index is 10.7. The molecule has 1 aromatic carbocycles. The second-order valence-corrected chi connectivity index (χ2v) is 6.41. The van der Waals surface area contributed by atoms with E-state index in [1.165, 1.54) is 0 Å². The Bertz CT molecular complexity index is 921. The minimum absolute atomic E-state index is 0.0199. The molecule has 0 saturated heterocycles. The van der Waals surface area contributed by atoms with E-state index in [0.717, 1.165) is 17.7 Å². The maximum Gasteiger partial charge on any atom is 0.303 e. The topological polar surface area (TPSA) is 85.5 Å². The van der Waals surface area contributed by atoms with Crippen LogP contribution in [0.15, 0.2) is 35.0 Å². The van der Waals surface area contributed by atoms with E-state index in [-0.39, 0.29) is 18.9 Å². The Balaban J connectivity index is 1.81. The average Bonchev–Trinajstić information content (AvgIpc) is 3.02. The van der Waals surface area contributed by atoms with Crippen LogP contribution in [0, 0.1) is 0 Å². The lowest BCUT2D eigenvalue weighted by molar-refractivity contribution is -0.136. The number of aliphatic carboxylic acids is 1. The van der Waals surface area contributed by atoms with Gasteiger partial charge in [-0.1, -0.05) is 29.7 Å². The monoisotopic (exact) mass is 374 g/mol. The van der Waals surface area contributed by atoms with Crippen molar-refractivity contribution in [3.63, 3.8) is 0 Å². The van der Waals surface area contributed by atoms with E-state index < -0.39 is 5.97 Å². The molecule has 0 saturated carbocycles. The standard InChI is InChI=1S/C19H19ClN2O4/c1-3-12-4-5-15(21-10-12)11(2)25-18-9-17-13(8-14(18)20)16(22-26-17)6-7-19(23)24/h4-5,8-11H,3,6-7H2,1-2H3,(H,23,24)/t11-/m0/s1. The number of benzene rings is 1. The van der Waals surface area contributed by atoms with Crippen LogP contribution in [0.3, 0.4) is 0 Å². The number of carboxylic acid groups (broad SMARTS) is 1. The quantitative estimate of drug-likeness (QED) is 0.650. The second-order valence-electron chi connectivity index (χ2n) is 6.01. The van der Waals surface area contributed by atoms with Gasteiger partial charge in [0.2, 0.25) is 0 Å². The van der Waals surface area contributed by atoms with Gasteiger partial charge in [0.15, 0.2) is 5.58 Å². The predicted octanol–water partition coefficient (Wildman–Crippen LogP) is 4.60. The number of ether oxygens (including phenoxy) is 1. The summed E-state index contributed by atoms with van der Waals surface area (Å²) in [6.45, 7) is 3.97. The fourth-order valence-electron chi connectivity index (χ4n) is 2.62. The zero-order chi connectivity index (χ0) is 18.7. The highest BCUT2D eigenvalue weighted by molar-refractivity contribution is 6.32. The molecule has 7 heteroatoms. The van der Waals surface area contributed by atoms with Crippen LogP contribution in [0.2, 0.25) is 5.02 Å². The summed E-state index contributed by atoms with van der Waals surface area (Å²) < 4.78 is 11.2. The van der Waals surface area contributed by atoms with E-state index in [1.807, 2.05) is 25.3 Å². The van der Waals surface area contributed by atoms with E-state index in [9.17, 15) is 4.79 Å². The Kier molecular flexibility index (Phi) is 5.42. The van der Waals surface area contributed by atoms with Gasteiger partial charge in [0.25, 0.3) is 0 Å². The summed E-state index contributed by atoms with van der Waals surface area (Å²) in [5.74, 6) is -0.420. The van der Waals surface area contributed by atoms with Crippen LogP contribution in [0.4, 0.5) is 0 Å². The fourth-order valence-corrected chi connectivity index (χ4v) is 2.83. The molecule has 136 valence electrons. The molecular weight excluding hydrogens is 356 g/mol. The molecule has 26 heavy (non-hydrogen) atoms. The number of hydrogen-bond donors (Lipinski definition) is 1. The summed E-state index contributed by atoms with van der Waals surface area (Å²) >= 11 is 6.34. The van der Waals surface area contributed by atoms with Crippen LogP contribution < -0.4 is 4.74 Å². The number of aryl methyl sites for hydroxylation is 2. The van der Waals surface area contributed by atoms with Gasteiger partial charge in [-0.25, -0.2) is 0 Å². The lowest BCUT2D eigenvalue weighted by atomic mass is 10.1. The SMILES string of the molecule is CCc1ccc([C@H](C)Oc2cc3onc(CCC(=O)O)c3cc2Cl)nc1. The van der Waals surface area contributed by atoms with Crippen molar-refractivity contribution in [2.24, 2.45) is 0 Å². The highest BCUT2D eigenvalue weighted by atomic mass is 35.5. The fraction of sp³-hybridized carbons (Fsp3) is 0.316. The lowest BCUT2D eigenvalue weighted by Crippen LogP contribution is -2.06. The van der Waals surface area contributed by atoms with Crippen LogP contribution in [0.1, 0.15) is 43.3 Å². The molecule has 3 aromatic rings. The molecule has 0 amide bonds. The molecule has 0 unspecified atom stereocenters. The third-order valence-corrected chi connectivity index (χ3v) is 4.45. The van der Waals surface area contributed by atoms with Gasteiger partial charge in [0.05, 0.1) is 22.8 Å². The number of pyridine rings is 1. The van der Waals surface area contributed by atoms with Crippen molar-refractivity contribution in [2.45, 2.75) is 39.2 Å². The minimum atomic E-state index is -0.886. The number of aromatic nitrogens is 2. The Labute approximate surface area is 155 Å². The van der Waals surface area contributed by atoms with Gasteiger partial charge in [-0.2, -0.15) is 0 Å². The third-order valence-electron chi connectivity index (χ3n) is 4.15. The molecule has 3 rings (SSSR count). The Morgan fingerprint density at radius 3 is 2.85 bits per heavy atom. The molecule has 0 aliphatic heterocycles.